The van der Waals surface area contributed by atoms with Crippen LogP contribution in [-0.2, 0) is 0 Å². The average molecular weight is 902 g/mol. The monoisotopic (exact) mass is 902 g/mol. The molecule has 5 nitrogen and oxygen atoms in total. The van der Waals surface area contributed by atoms with E-state index >= 15 is 0 Å². The maximum absolute atomic E-state index is 5.63. The van der Waals surface area contributed by atoms with E-state index in [0.717, 1.165) is 44.9 Å². The van der Waals surface area contributed by atoms with Crippen molar-refractivity contribution in [1.29, 1.82) is 0 Å². The lowest BCUT2D eigenvalue weighted by Crippen LogP contribution is -2.14. The summed E-state index contributed by atoms with van der Waals surface area (Å²) >= 11 is 0. The van der Waals surface area contributed by atoms with Crippen LogP contribution in [0.15, 0.2) is 244 Å². The van der Waals surface area contributed by atoms with Gasteiger partial charge in [0.1, 0.15) is 0 Å². The number of anilines is 3. The molecule has 9 aromatic rings. The number of para-hydroxylation sites is 4. The molecule has 0 fully saturated rings. The highest BCUT2D eigenvalue weighted by atomic mass is 15.0. The van der Waals surface area contributed by atoms with Gasteiger partial charge in [0.05, 0.1) is 17.1 Å². The summed E-state index contributed by atoms with van der Waals surface area (Å²) in [4.78, 5) is 0. The van der Waals surface area contributed by atoms with Crippen LogP contribution in [-0.4, -0.2) is 18.7 Å². The van der Waals surface area contributed by atoms with Crippen LogP contribution in [0.5, 0.6) is 0 Å². The maximum atomic E-state index is 5.63. The minimum absolute atomic E-state index is 0.0609. The molecule has 0 aliphatic heterocycles. The molecular weight excluding hydrogens is 839 g/mol. The molecule has 1 heterocycles. The minimum Gasteiger partial charge on any atom is -0.405 e. The quantitative estimate of drug-likeness (QED) is 0.0687. The lowest BCUT2D eigenvalue weighted by Gasteiger charge is -2.15. The van der Waals surface area contributed by atoms with Crippen LogP contribution >= 0.6 is 0 Å². The number of hydrogen-bond acceptors (Lipinski definition) is 4. The molecule has 5 N–H and O–H groups in total. The Kier molecular flexibility index (Phi) is 16.8. The fraction of sp³-hybridized carbons (Fsp3) is 0.0938. The summed E-state index contributed by atoms with van der Waals surface area (Å²) in [5.41, 5.74) is 24.1. The summed E-state index contributed by atoms with van der Waals surface area (Å²) in [5.74, 6) is 0. The Morgan fingerprint density at radius 1 is 0.623 bits per heavy atom. The number of hydrogen-bond donors (Lipinski definition) is 4. The van der Waals surface area contributed by atoms with E-state index in [1.165, 1.54) is 55.3 Å². The molecule has 344 valence electrons. The highest BCUT2D eigenvalue weighted by Crippen LogP contribution is 2.38. The van der Waals surface area contributed by atoms with Gasteiger partial charge in [-0.05, 0) is 157 Å². The van der Waals surface area contributed by atoms with Gasteiger partial charge in [0, 0.05) is 51.7 Å². The van der Waals surface area contributed by atoms with Gasteiger partial charge in [-0.15, -0.1) is 6.58 Å². The van der Waals surface area contributed by atoms with Crippen LogP contribution in [0.25, 0.3) is 60.9 Å². The number of allylic oxidation sites excluding steroid dienone is 6. The molecule has 0 spiro atoms. The summed E-state index contributed by atoms with van der Waals surface area (Å²) in [5, 5.41) is 12.7. The number of nitrogens with zero attached hydrogens (tertiary/aromatic N) is 1. The Labute approximate surface area is 409 Å². The number of aromatic nitrogens is 1. The predicted octanol–water partition coefficient (Wildman–Crippen LogP) is 16.5. The van der Waals surface area contributed by atoms with Crippen molar-refractivity contribution in [3.05, 3.63) is 266 Å². The number of benzene rings is 8. The Balaban J connectivity index is 0.000000193. The van der Waals surface area contributed by atoms with Crippen LogP contribution in [0.1, 0.15) is 42.1 Å². The molecule has 0 radical (unpaired) electrons. The van der Waals surface area contributed by atoms with Gasteiger partial charge in [0.25, 0.3) is 0 Å². The maximum Gasteiger partial charge on any atom is 0.0541 e. The highest BCUT2D eigenvalue weighted by Gasteiger charge is 2.15. The van der Waals surface area contributed by atoms with Gasteiger partial charge in [-0.2, -0.15) is 0 Å². The van der Waals surface area contributed by atoms with Gasteiger partial charge in [0.15, 0.2) is 0 Å². The third-order valence-electron chi connectivity index (χ3n) is 11.9. The summed E-state index contributed by atoms with van der Waals surface area (Å²) in [6, 6.07) is 68.4. The Morgan fingerprint density at radius 3 is 2.00 bits per heavy atom. The van der Waals surface area contributed by atoms with Crippen molar-refractivity contribution in [1.82, 2.24) is 9.88 Å². The van der Waals surface area contributed by atoms with Crippen molar-refractivity contribution < 1.29 is 0 Å². The second kappa shape index (κ2) is 23.9. The topological polar surface area (TPSA) is 67.0 Å². The van der Waals surface area contributed by atoms with Gasteiger partial charge >= 0.3 is 0 Å². The highest BCUT2D eigenvalue weighted by molar-refractivity contribution is 6.10. The number of fused-ring (bicyclic) bond motifs is 3. The number of aryl methyl sites for hydroxylation is 1. The van der Waals surface area contributed by atoms with Crippen molar-refractivity contribution in [2.75, 3.05) is 24.7 Å². The molecule has 0 amide bonds. The van der Waals surface area contributed by atoms with Gasteiger partial charge < -0.3 is 26.3 Å². The molecular formula is C64H63N5. The van der Waals surface area contributed by atoms with E-state index in [2.05, 4.69) is 223 Å². The van der Waals surface area contributed by atoms with Gasteiger partial charge in [-0.3, -0.25) is 0 Å². The van der Waals surface area contributed by atoms with E-state index in [1.54, 1.807) is 12.3 Å². The van der Waals surface area contributed by atoms with Crippen molar-refractivity contribution in [2.24, 2.45) is 5.73 Å². The second-order valence-electron chi connectivity index (χ2n) is 16.6. The first-order chi connectivity index (χ1) is 33.8. The summed E-state index contributed by atoms with van der Waals surface area (Å²) in [7, 11) is 3.92. The predicted molar refractivity (Wildman–Crippen MR) is 301 cm³/mol. The largest absolute Gasteiger partial charge is 0.405 e. The fourth-order valence-corrected chi connectivity index (χ4v) is 8.67. The molecule has 0 aliphatic rings. The molecule has 0 aliphatic carbocycles. The van der Waals surface area contributed by atoms with Crippen LogP contribution in [0.2, 0.25) is 0 Å². The minimum atomic E-state index is 0.0609. The third kappa shape index (κ3) is 11.6. The lowest BCUT2D eigenvalue weighted by molar-refractivity contribution is 0.713. The summed E-state index contributed by atoms with van der Waals surface area (Å²) in [6.45, 7) is 13.8. The first-order valence-corrected chi connectivity index (χ1v) is 23.5. The zero-order valence-corrected chi connectivity index (χ0v) is 40.5. The van der Waals surface area contributed by atoms with Crippen molar-refractivity contribution >= 4 is 50.0 Å². The Bertz CT molecular complexity index is 3240. The number of nitrogens with two attached hydrogens (primary N) is 1. The van der Waals surface area contributed by atoms with E-state index in [-0.39, 0.29) is 6.04 Å². The van der Waals surface area contributed by atoms with E-state index < -0.39 is 0 Å². The number of likely N-dealkylation sites (N-methyl/N-ethyl adjacent to an activating group) is 1. The first-order valence-electron chi connectivity index (χ1n) is 23.5. The van der Waals surface area contributed by atoms with Crippen molar-refractivity contribution in [3.8, 4) is 27.9 Å². The Morgan fingerprint density at radius 2 is 1.28 bits per heavy atom. The van der Waals surface area contributed by atoms with E-state index in [0.29, 0.717) is 0 Å². The molecule has 5 heteroatoms. The smallest absolute Gasteiger partial charge is 0.0541 e. The summed E-state index contributed by atoms with van der Waals surface area (Å²) in [6.07, 6.45) is 11.6. The average Bonchev–Trinajstić information content (AvgIpc) is 3.72. The molecule has 1 unspecified atom stereocenters. The normalized spacial score (nSPS) is 11.7. The molecule has 8 aromatic carbocycles. The second-order valence-corrected chi connectivity index (χ2v) is 16.6. The summed E-state index contributed by atoms with van der Waals surface area (Å²) < 4.78 is 2.36. The van der Waals surface area contributed by atoms with E-state index in [1.807, 2.05) is 64.4 Å². The first kappa shape index (κ1) is 48.6. The lowest BCUT2D eigenvalue weighted by atomic mass is 9.94. The fourth-order valence-electron chi connectivity index (χ4n) is 8.67. The zero-order chi connectivity index (χ0) is 48.5. The van der Waals surface area contributed by atoms with Crippen LogP contribution in [0.4, 0.5) is 17.1 Å². The van der Waals surface area contributed by atoms with Gasteiger partial charge in [0.2, 0.25) is 0 Å². The van der Waals surface area contributed by atoms with Crippen LogP contribution < -0.4 is 21.7 Å². The van der Waals surface area contributed by atoms with Gasteiger partial charge in [-0.25, -0.2) is 0 Å². The molecule has 1 aromatic heterocycles. The van der Waals surface area contributed by atoms with Crippen molar-refractivity contribution in [3.63, 3.8) is 0 Å². The van der Waals surface area contributed by atoms with E-state index in [4.69, 9.17) is 5.73 Å². The van der Waals surface area contributed by atoms with Crippen LogP contribution in [0, 0.1) is 6.92 Å². The van der Waals surface area contributed by atoms with Gasteiger partial charge in [-0.1, -0.05) is 152 Å². The zero-order valence-electron chi connectivity index (χ0n) is 40.5. The standard InChI is InChI=1S/C32H26N2.C29H31N3.C3H6/c1-22-10-6-7-13-26(22)28-20-23(16-18-30(28)33-2)24-17-19-32-29(21-24)27-14-8-9-15-31(27)34(32)25-11-4-3-5-12-25;1-4-11-23(24-12-10-13-25(21-24)28(31-3)18-19-30)20-22(2)27-16-8-9-17-29(27)32-26-14-6-5-7-15-26;1-3-2/h3-21,33H,1-2H3;4-21,28,31-32H,2,30H2,1,3H3;3H,1H2,2H3/b;11-4-,19-18-,23-20+;. The number of rotatable bonds is 13. The van der Waals surface area contributed by atoms with E-state index in [9.17, 15) is 0 Å². The Hall–Kier alpha value is -8.38. The van der Waals surface area contributed by atoms with Crippen molar-refractivity contribution in [2.45, 2.75) is 26.8 Å². The molecule has 69 heavy (non-hydrogen) atoms. The molecule has 0 bridgehead atoms. The number of nitrogens with one attached hydrogen (secondary N) is 3. The molecule has 0 saturated heterocycles. The third-order valence-corrected chi connectivity index (χ3v) is 11.9. The molecule has 0 saturated carbocycles. The molecule has 1 atom stereocenters. The SMILES string of the molecule is C=C(/C=C(\C=C/C)c1cccc(C(/C=C\N)NC)c1)c1ccccc1Nc1ccccc1.C=CC.CNc1ccc(-c2ccc3c(c2)c2ccccc2n3-c2ccccc2)cc1-c1ccccc1C. The van der Waals surface area contributed by atoms with Crippen LogP contribution in [0.3, 0.4) is 0 Å². The molecule has 9 rings (SSSR count).